The lowest BCUT2D eigenvalue weighted by Crippen LogP contribution is -2.33. The Bertz CT molecular complexity index is 575. The highest BCUT2D eigenvalue weighted by atomic mass is 19.1. The molecule has 1 amide bonds. The van der Waals surface area contributed by atoms with E-state index >= 15 is 0 Å². The van der Waals surface area contributed by atoms with E-state index in [2.05, 4.69) is 10.6 Å². The number of halogens is 1. The van der Waals surface area contributed by atoms with E-state index in [0.717, 1.165) is 5.75 Å². The zero-order valence-corrected chi connectivity index (χ0v) is 11.5. The van der Waals surface area contributed by atoms with Gasteiger partial charge in [-0.2, -0.15) is 0 Å². The maximum Gasteiger partial charge on any atom is 0.239 e. The van der Waals surface area contributed by atoms with Crippen LogP contribution in [0.15, 0.2) is 54.6 Å². The molecule has 0 radical (unpaired) electrons. The molecule has 4 nitrogen and oxygen atoms in total. The Balaban J connectivity index is 1.62. The summed E-state index contributed by atoms with van der Waals surface area (Å²) in [6, 6.07) is 15.4. The van der Waals surface area contributed by atoms with Crippen LogP contribution in [0.25, 0.3) is 0 Å². The lowest BCUT2D eigenvalue weighted by atomic mass is 10.3. The minimum Gasteiger partial charge on any atom is -0.492 e. The minimum atomic E-state index is -0.336. The van der Waals surface area contributed by atoms with Gasteiger partial charge in [0.15, 0.2) is 0 Å². The number of nitrogens with one attached hydrogen (secondary N) is 2. The normalized spacial score (nSPS) is 9.95. The third kappa shape index (κ3) is 5.52. The summed E-state index contributed by atoms with van der Waals surface area (Å²) in [5.41, 5.74) is 0.575. The second-order valence-corrected chi connectivity index (χ2v) is 4.38. The number of amides is 1. The third-order valence-electron chi connectivity index (χ3n) is 2.71. The fourth-order valence-electron chi connectivity index (χ4n) is 1.72. The quantitative estimate of drug-likeness (QED) is 0.769. The molecule has 2 N–H and O–H groups in total. The second-order valence-electron chi connectivity index (χ2n) is 4.38. The lowest BCUT2D eigenvalue weighted by Gasteiger charge is -2.09. The molecule has 2 aromatic carbocycles. The van der Waals surface area contributed by atoms with Crippen LogP contribution < -0.4 is 15.4 Å². The van der Waals surface area contributed by atoms with Crippen molar-refractivity contribution in [2.45, 2.75) is 0 Å². The van der Waals surface area contributed by atoms with Crippen LogP contribution in [0.5, 0.6) is 5.75 Å². The van der Waals surface area contributed by atoms with E-state index in [1.807, 2.05) is 30.3 Å². The van der Waals surface area contributed by atoms with Crippen molar-refractivity contribution >= 4 is 11.6 Å². The molecular weight excluding hydrogens is 271 g/mol. The predicted octanol–water partition coefficient (Wildman–Crippen LogP) is 2.43. The first-order valence-electron chi connectivity index (χ1n) is 6.68. The van der Waals surface area contributed by atoms with Crippen molar-refractivity contribution in [1.29, 1.82) is 0 Å². The molecule has 0 unspecified atom stereocenters. The Morgan fingerprint density at radius 1 is 1.10 bits per heavy atom. The minimum absolute atomic E-state index is 0.0921. The van der Waals surface area contributed by atoms with Crippen LogP contribution in [0.4, 0.5) is 10.1 Å². The monoisotopic (exact) mass is 288 g/mol. The van der Waals surface area contributed by atoms with Gasteiger partial charge in [-0.05, 0) is 30.3 Å². The maximum atomic E-state index is 12.9. The molecule has 0 saturated heterocycles. The van der Waals surface area contributed by atoms with Gasteiger partial charge in [-0.3, -0.25) is 4.79 Å². The number of hydrogen-bond acceptors (Lipinski definition) is 3. The SMILES string of the molecule is O=C(CNc1cccc(F)c1)NCCOc1ccccc1. The van der Waals surface area contributed by atoms with E-state index in [1.165, 1.54) is 12.1 Å². The molecule has 2 aromatic rings. The van der Waals surface area contributed by atoms with Gasteiger partial charge >= 0.3 is 0 Å². The Kier molecular flexibility index (Phi) is 5.58. The number of carbonyl (C=O) groups is 1. The fourth-order valence-corrected chi connectivity index (χ4v) is 1.72. The van der Waals surface area contributed by atoms with Crippen molar-refractivity contribution in [1.82, 2.24) is 5.32 Å². The number of ether oxygens (including phenoxy) is 1. The van der Waals surface area contributed by atoms with Crippen molar-refractivity contribution in [3.05, 3.63) is 60.4 Å². The van der Waals surface area contributed by atoms with Crippen LogP contribution in [0.3, 0.4) is 0 Å². The summed E-state index contributed by atoms with van der Waals surface area (Å²) >= 11 is 0. The summed E-state index contributed by atoms with van der Waals surface area (Å²) in [7, 11) is 0. The van der Waals surface area contributed by atoms with Gasteiger partial charge in [0.25, 0.3) is 0 Å². The Hall–Kier alpha value is -2.56. The smallest absolute Gasteiger partial charge is 0.239 e. The van der Waals surface area contributed by atoms with Crippen LogP contribution in [-0.4, -0.2) is 25.6 Å². The summed E-state index contributed by atoms with van der Waals surface area (Å²) in [4.78, 5) is 11.6. The van der Waals surface area contributed by atoms with E-state index in [1.54, 1.807) is 12.1 Å². The maximum absolute atomic E-state index is 12.9. The highest BCUT2D eigenvalue weighted by molar-refractivity contribution is 5.80. The van der Waals surface area contributed by atoms with Crippen molar-refractivity contribution < 1.29 is 13.9 Å². The van der Waals surface area contributed by atoms with Crippen molar-refractivity contribution in [2.75, 3.05) is 25.0 Å². The topological polar surface area (TPSA) is 50.4 Å². The molecule has 110 valence electrons. The number of carbonyl (C=O) groups excluding carboxylic acids is 1. The Morgan fingerprint density at radius 2 is 1.90 bits per heavy atom. The van der Waals surface area contributed by atoms with E-state index in [4.69, 9.17) is 4.74 Å². The molecular formula is C16H17FN2O2. The first-order valence-corrected chi connectivity index (χ1v) is 6.68. The first-order chi connectivity index (χ1) is 10.2. The van der Waals surface area contributed by atoms with Crippen LogP contribution in [0.1, 0.15) is 0 Å². The lowest BCUT2D eigenvalue weighted by molar-refractivity contribution is -0.119. The van der Waals surface area contributed by atoms with E-state index in [9.17, 15) is 9.18 Å². The largest absolute Gasteiger partial charge is 0.492 e. The number of benzene rings is 2. The number of hydrogen-bond donors (Lipinski definition) is 2. The number of para-hydroxylation sites is 1. The predicted molar refractivity (Wildman–Crippen MR) is 79.8 cm³/mol. The average Bonchev–Trinajstić information content (AvgIpc) is 2.51. The molecule has 0 fully saturated rings. The molecule has 21 heavy (non-hydrogen) atoms. The molecule has 0 heterocycles. The highest BCUT2D eigenvalue weighted by Gasteiger charge is 2.01. The van der Waals surface area contributed by atoms with Crippen molar-refractivity contribution in [3.8, 4) is 5.75 Å². The van der Waals surface area contributed by atoms with Gasteiger partial charge in [0.2, 0.25) is 5.91 Å². The van der Waals surface area contributed by atoms with E-state index < -0.39 is 0 Å². The van der Waals surface area contributed by atoms with Crippen molar-refractivity contribution in [2.24, 2.45) is 0 Å². The van der Waals surface area contributed by atoms with Gasteiger partial charge in [0.1, 0.15) is 18.2 Å². The molecule has 5 heteroatoms. The molecule has 0 atom stereocenters. The highest BCUT2D eigenvalue weighted by Crippen LogP contribution is 2.08. The Labute approximate surface area is 122 Å². The number of rotatable bonds is 7. The van der Waals surface area contributed by atoms with E-state index in [0.29, 0.717) is 18.8 Å². The molecule has 0 aromatic heterocycles. The summed E-state index contributed by atoms with van der Waals surface area (Å²) in [6.45, 7) is 0.906. The third-order valence-corrected chi connectivity index (χ3v) is 2.71. The van der Waals surface area contributed by atoms with Crippen LogP contribution in [0.2, 0.25) is 0 Å². The molecule has 0 aliphatic carbocycles. The van der Waals surface area contributed by atoms with Crippen LogP contribution in [-0.2, 0) is 4.79 Å². The molecule has 0 aliphatic heterocycles. The van der Waals surface area contributed by atoms with Gasteiger partial charge in [-0.1, -0.05) is 24.3 Å². The fraction of sp³-hybridized carbons (Fsp3) is 0.188. The molecule has 0 bridgehead atoms. The van der Waals surface area contributed by atoms with Crippen LogP contribution in [0, 0.1) is 5.82 Å². The van der Waals surface area contributed by atoms with Crippen LogP contribution >= 0.6 is 0 Å². The molecule has 2 rings (SSSR count). The van der Waals surface area contributed by atoms with E-state index in [-0.39, 0.29) is 18.3 Å². The summed E-state index contributed by atoms with van der Waals surface area (Å²) in [5.74, 6) is 0.261. The van der Waals surface area contributed by atoms with Gasteiger partial charge in [-0.15, -0.1) is 0 Å². The van der Waals surface area contributed by atoms with Gasteiger partial charge in [0.05, 0.1) is 13.1 Å². The summed E-state index contributed by atoms with van der Waals surface area (Å²) in [5, 5.41) is 5.57. The zero-order chi connectivity index (χ0) is 14.9. The molecule has 0 aliphatic rings. The van der Waals surface area contributed by atoms with Gasteiger partial charge in [0, 0.05) is 5.69 Å². The van der Waals surface area contributed by atoms with Gasteiger partial charge < -0.3 is 15.4 Å². The molecule has 0 saturated carbocycles. The standard InChI is InChI=1S/C16H17FN2O2/c17-13-5-4-6-14(11-13)19-12-16(20)18-9-10-21-15-7-2-1-3-8-15/h1-8,11,19H,9-10,12H2,(H,18,20). The zero-order valence-electron chi connectivity index (χ0n) is 11.5. The summed E-state index contributed by atoms with van der Waals surface area (Å²) in [6.07, 6.45) is 0. The number of anilines is 1. The average molecular weight is 288 g/mol. The Morgan fingerprint density at radius 3 is 2.67 bits per heavy atom. The second kappa shape index (κ2) is 7.89. The summed E-state index contributed by atoms with van der Waals surface area (Å²) < 4.78 is 18.4. The van der Waals surface area contributed by atoms with Crippen molar-refractivity contribution in [3.63, 3.8) is 0 Å². The van der Waals surface area contributed by atoms with Gasteiger partial charge in [-0.25, -0.2) is 4.39 Å². The first kappa shape index (κ1) is 14.8. The molecule has 0 spiro atoms.